The molecule has 0 saturated heterocycles. The van der Waals surface area contributed by atoms with E-state index in [-0.39, 0.29) is 5.69 Å². The van der Waals surface area contributed by atoms with Crippen LogP contribution >= 0.6 is 0 Å². The van der Waals surface area contributed by atoms with Crippen LogP contribution in [0.2, 0.25) is 0 Å². The second-order valence-electron chi connectivity index (χ2n) is 6.21. The van der Waals surface area contributed by atoms with Crippen LogP contribution in [-0.4, -0.2) is 53.3 Å². The molecule has 0 aliphatic carbocycles. The number of aromatic carboxylic acids is 1. The zero-order valence-electron chi connectivity index (χ0n) is 15.9. The fraction of sp³-hybridized carbons (Fsp3) is 0.167. The lowest BCUT2D eigenvalue weighted by molar-refractivity contribution is -0.192. The van der Waals surface area contributed by atoms with Gasteiger partial charge in [-0.25, -0.2) is 14.6 Å². The van der Waals surface area contributed by atoms with Crippen LogP contribution in [0.1, 0.15) is 16.2 Å². The van der Waals surface area contributed by atoms with E-state index < -0.39 is 18.1 Å². The van der Waals surface area contributed by atoms with Gasteiger partial charge in [0, 0.05) is 24.7 Å². The second-order valence-corrected chi connectivity index (χ2v) is 6.21. The van der Waals surface area contributed by atoms with E-state index >= 15 is 0 Å². The molecule has 0 radical (unpaired) electrons. The molecule has 0 amide bonds. The molecule has 3 N–H and O–H groups in total. The Morgan fingerprint density at radius 1 is 1.19 bits per heavy atom. The van der Waals surface area contributed by atoms with Gasteiger partial charge < -0.3 is 14.9 Å². The van der Waals surface area contributed by atoms with E-state index in [0.717, 1.165) is 16.7 Å². The number of carbonyl (C=O) groups is 2. The number of alkyl halides is 3. The number of pyridine rings is 1. The minimum atomic E-state index is -5.08. The van der Waals surface area contributed by atoms with Gasteiger partial charge in [-0.05, 0) is 25.1 Å². The summed E-state index contributed by atoms with van der Waals surface area (Å²) in [6.45, 7) is 1.90. The van der Waals surface area contributed by atoms with Gasteiger partial charge in [0.2, 0.25) is 0 Å². The molecule has 1 aromatic carbocycles. The Morgan fingerprint density at radius 3 is 2.48 bits per heavy atom. The zero-order chi connectivity index (χ0) is 22.9. The number of carboxylic acid groups (broad SMARTS) is 2. The third-order valence-electron chi connectivity index (χ3n) is 4.07. The summed E-state index contributed by atoms with van der Waals surface area (Å²) in [6.07, 6.45) is -3.42. The number of aromatic nitrogens is 5. The Hall–Kier alpha value is -4.16. The summed E-state index contributed by atoms with van der Waals surface area (Å²) in [5.41, 5.74) is 2.15. The minimum absolute atomic E-state index is 0.00837. The average molecular weight is 437 g/mol. The molecule has 10 nitrogen and oxygen atoms in total. The van der Waals surface area contributed by atoms with Crippen LogP contribution in [0, 0.1) is 6.92 Å². The fourth-order valence-corrected chi connectivity index (χ4v) is 2.78. The Morgan fingerprint density at radius 2 is 1.87 bits per heavy atom. The fourth-order valence-electron chi connectivity index (χ4n) is 2.78. The number of H-pyrrole nitrogens is 1. The monoisotopic (exact) mass is 437 g/mol. The van der Waals surface area contributed by atoms with Crippen LogP contribution in [-0.2, 0) is 11.8 Å². The third kappa shape index (κ3) is 4.39. The highest BCUT2D eigenvalue weighted by molar-refractivity contribution is 6.01. The summed E-state index contributed by atoms with van der Waals surface area (Å²) in [7, 11) is 1.83. The maximum Gasteiger partial charge on any atom is 0.490 e. The summed E-state index contributed by atoms with van der Waals surface area (Å²) >= 11 is 0. The number of benzene rings is 1. The molecule has 0 aliphatic heterocycles. The van der Waals surface area contributed by atoms with Gasteiger partial charge in [0.25, 0.3) is 0 Å². The van der Waals surface area contributed by atoms with E-state index in [1.807, 2.05) is 14.0 Å². The van der Waals surface area contributed by atoms with Crippen LogP contribution in [0.4, 0.5) is 13.2 Å². The molecule has 4 rings (SSSR count). The van der Waals surface area contributed by atoms with Crippen molar-refractivity contribution >= 4 is 33.9 Å². The van der Waals surface area contributed by atoms with E-state index in [4.69, 9.17) is 19.7 Å². The number of nitrogens with one attached hydrogen (secondary N) is 1. The van der Waals surface area contributed by atoms with Crippen LogP contribution in [0.5, 0.6) is 11.5 Å². The van der Waals surface area contributed by atoms with Crippen LogP contribution in [0.25, 0.3) is 21.9 Å². The van der Waals surface area contributed by atoms with Crippen LogP contribution in [0.15, 0.2) is 30.5 Å². The molecule has 3 aromatic heterocycles. The van der Waals surface area contributed by atoms with Crippen molar-refractivity contribution in [3.05, 3.63) is 41.9 Å². The lowest BCUT2D eigenvalue weighted by Gasteiger charge is -2.07. The first-order chi connectivity index (χ1) is 14.5. The SMILES string of the molecule is Cc1nn(C)c2nccc(Oc3ccc4c(C(=O)O)n[nH]c4c3)c12.O=C(O)C(F)(F)F. The first-order valence-electron chi connectivity index (χ1n) is 8.46. The average Bonchev–Trinajstić information content (AvgIpc) is 3.23. The maximum absolute atomic E-state index is 11.1. The first-order valence-corrected chi connectivity index (χ1v) is 8.46. The number of ether oxygens (including phenoxy) is 1. The van der Waals surface area contributed by atoms with Gasteiger partial charge in [0.1, 0.15) is 11.5 Å². The molecular formula is C18H14F3N5O5. The van der Waals surface area contributed by atoms with Crippen molar-refractivity contribution in [1.29, 1.82) is 0 Å². The standard InChI is InChI=1S/C16H13N5O3.C2HF3O2/c1-8-13-12(5-6-17-15(13)21(2)20-8)24-9-3-4-10-11(7-9)18-19-14(10)16(22)23;3-2(4,5)1(6)7/h3-7H,1-2H3,(H,18,19)(H,22,23);(H,6,7). The number of aliphatic carboxylic acids is 1. The predicted octanol–water partition coefficient (Wildman–Crippen LogP) is 3.28. The van der Waals surface area contributed by atoms with Gasteiger partial charge in [-0.1, -0.05) is 0 Å². The topological polar surface area (TPSA) is 143 Å². The Kier molecular flexibility index (Phi) is 5.51. The van der Waals surface area contributed by atoms with Crippen molar-refractivity contribution in [2.75, 3.05) is 0 Å². The van der Waals surface area contributed by atoms with E-state index in [9.17, 15) is 18.0 Å². The number of aryl methyl sites for hydroxylation is 2. The molecule has 0 spiro atoms. The van der Waals surface area contributed by atoms with Gasteiger partial charge in [-0.2, -0.15) is 23.4 Å². The van der Waals surface area contributed by atoms with Gasteiger partial charge in [0.05, 0.1) is 16.6 Å². The summed E-state index contributed by atoms with van der Waals surface area (Å²) in [5, 5.41) is 28.5. The number of hydrogen-bond donors (Lipinski definition) is 3. The number of rotatable bonds is 3. The Bertz CT molecular complexity index is 1300. The second kappa shape index (κ2) is 7.93. The van der Waals surface area contributed by atoms with Gasteiger partial charge in [-0.3, -0.25) is 9.78 Å². The molecule has 0 aliphatic rings. The van der Waals surface area contributed by atoms with E-state index in [0.29, 0.717) is 22.4 Å². The molecule has 0 atom stereocenters. The molecule has 0 unspecified atom stereocenters. The number of fused-ring (bicyclic) bond motifs is 2. The first kappa shape index (κ1) is 21.5. The van der Waals surface area contributed by atoms with E-state index in [1.165, 1.54) is 0 Å². The summed E-state index contributed by atoms with van der Waals surface area (Å²) in [6, 6.07) is 6.87. The predicted molar refractivity (Wildman–Crippen MR) is 100 cm³/mol. The highest BCUT2D eigenvalue weighted by Crippen LogP contribution is 2.32. The lowest BCUT2D eigenvalue weighted by atomic mass is 10.2. The normalized spacial score (nSPS) is 11.3. The molecule has 13 heteroatoms. The molecule has 0 bridgehead atoms. The van der Waals surface area contributed by atoms with Crippen molar-refractivity contribution in [1.82, 2.24) is 25.0 Å². The third-order valence-corrected chi connectivity index (χ3v) is 4.07. The Labute approximate surface area is 170 Å². The molecule has 31 heavy (non-hydrogen) atoms. The number of hydrogen-bond acceptors (Lipinski definition) is 6. The molecule has 162 valence electrons. The van der Waals surface area contributed by atoms with E-state index in [2.05, 4.69) is 20.3 Å². The summed E-state index contributed by atoms with van der Waals surface area (Å²) < 4.78 is 39.4. The minimum Gasteiger partial charge on any atom is -0.476 e. The largest absolute Gasteiger partial charge is 0.490 e. The molecular weight excluding hydrogens is 423 g/mol. The number of nitrogens with zero attached hydrogens (tertiary/aromatic N) is 4. The van der Waals surface area contributed by atoms with Crippen molar-refractivity contribution in [3.63, 3.8) is 0 Å². The van der Waals surface area contributed by atoms with Gasteiger partial charge in [0.15, 0.2) is 11.3 Å². The van der Waals surface area contributed by atoms with Gasteiger partial charge >= 0.3 is 18.1 Å². The lowest BCUT2D eigenvalue weighted by Crippen LogP contribution is -2.21. The van der Waals surface area contributed by atoms with Crippen molar-refractivity contribution in [2.24, 2.45) is 7.05 Å². The number of aromatic amines is 1. The summed E-state index contributed by atoms with van der Waals surface area (Å²) in [4.78, 5) is 24.3. The van der Waals surface area contributed by atoms with Crippen molar-refractivity contribution < 1.29 is 37.7 Å². The Balaban J connectivity index is 0.000000339. The van der Waals surface area contributed by atoms with E-state index in [1.54, 1.807) is 35.1 Å². The van der Waals surface area contributed by atoms with Crippen molar-refractivity contribution in [3.8, 4) is 11.5 Å². The summed E-state index contributed by atoms with van der Waals surface area (Å²) in [5.74, 6) is -2.62. The van der Waals surface area contributed by atoms with Crippen LogP contribution in [0.3, 0.4) is 0 Å². The number of carboxylic acids is 2. The maximum atomic E-state index is 11.1. The molecule has 0 saturated carbocycles. The number of halogens is 3. The highest BCUT2D eigenvalue weighted by atomic mass is 19.4. The quantitative estimate of drug-likeness (QED) is 0.443. The van der Waals surface area contributed by atoms with Crippen LogP contribution < -0.4 is 4.74 Å². The molecule has 0 fully saturated rings. The highest BCUT2D eigenvalue weighted by Gasteiger charge is 2.38. The molecule has 3 heterocycles. The molecule has 4 aromatic rings. The zero-order valence-corrected chi connectivity index (χ0v) is 15.9. The smallest absolute Gasteiger partial charge is 0.476 e. The van der Waals surface area contributed by atoms with Gasteiger partial charge in [-0.15, -0.1) is 0 Å². The van der Waals surface area contributed by atoms with Crippen molar-refractivity contribution in [2.45, 2.75) is 13.1 Å².